The molecule has 0 aliphatic rings. The fraction of sp³-hybridized carbons (Fsp3) is 0. The summed E-state index contributed by atoms with van der Waals surface area (Å²) in [6, 6.07) is 1.28. The largest absolute Gasteiger partial charge is 0.343 e. The zero-order valence-corrected chi connectivity index (χ0v) is 7.23. The van der Waals surface area contributed by atoms with Crippen molar-refractivity contribution in [1.29, 1.82) is 0 Å². The Kier molecular flexibility index (Phi) is 1.93. The normalized spacial score (nSPS) is 10.5. The Labute approximate surface area is 81.9 Å². The standard InChI is InChI=1S/C8H4FN3O3/c9-8-6-4(1-2-10-8)7(12(14)15)5(3-13)11-6/h1-3,11H. The summed E-state index contributed by atoms with van der Waals surface area (Å²) >= 11 is 0. The molecule has 2 aromatic heterocycles. The first-order valence-electron chi connectivity index (χ1n) is 3.91. The molecule has 2 rings (SSSR count). The third kappa shape index (κ3) is 1.25. The number of carbonyl (C=O) groups excluding carboxylic acids is 1. The highest BCUT2D eigenvalue weighted by Gasteiger charge is 2.23. The predicted octanol–water partition coefficient (Wildman–Crippen LogP) is 1.42. The maximum Gasteiger partial charge on any atom is 0.305 e. The second-order valence-corrected chi connectivity index (χ2v) is 2.79. The lowest BCUT2D eigenvalue weighted by molar-refractivity contribution is -0.383. The van der Waals surface area contributed by atoms with Gasteiger partial charge in [0, 0.05) is 6.20 Å². The van der Waals surface area contributed by atoms with E-state index in [2.05, 4.69) is 9.97 Å². The van der Waals surface area contributed by atoms with Crippen molar-refractivity contribution in [2.24, 2.45) is 0 Å². The molecule has 0 amide bonds. The molecule has 76 valence electrons. The number of nitrogens with one attached hydrogen (secondary N) is 1. The van der Waals surface area contributed by atoms with Crippen molar-refractivity contribution in [2.45, 2.75) is 0 Å². The van der Waals surface area contributed by atoms with Gasteiger partial charge in [0.2, 0.25) is 5.95 Å². The Hall–Kier alpha value is -2.31. The summed E-state index contributed by atoms with van der Waals surface area (Å²) in [4.78, 5) is 26.1. The molecule has 6 nitrogen and oxygen atoms in total. The first kappa shape index (κ1) is 9.25. The molecule has 2 aromatic rings. The Morgan fingerprint density at radius 3 is 2.93 bits per heavy atom. The first-order valence-corrected chi connectivity index (χ1v) is 3.91. The lowest BCUT2D eigenvalue weighted by Gasteiger charge is -1.89. The van der Waals surface area contributed by atoms with E-state index in [9.17, 15) is 19.3 Å². The van der Waals surface area contributed by atoms with Crippen molar-refractivity contribution >= 4 is 22.9 Å². The van der Waals surface area contributed by atoms with Gasteiger partial charge in [-0.25, -0.2) is 4.98 Å². The van der Waals surface area contributed by atoms with Crippen molar-refractivity contribution < 1.29 is 14.1 Å². The fourth-order valence-electron chi connectivity index (χ4n) is 1.37. The van der Waals surface area contributed by atoms with Crippen LogP contribution in [0.1, 0.15) is 10.5 Å². The van der Waals surface area contributed by atoms with E-state index in [0.29, 0.717) is 0 Å². The number of nitro groups is 1. The van der Waals surface area contributed by atoms with E-state index in [1.54, 1.807) is 0 Å². The van der Waals surface area contributed by atoms with Gasteiger partial charge in [-0.3, -0.25) is 14.9 Å². The number of aldehydes is 1. The van der Waals surface area contributed by atoms with Crippen LogP contribution in [0.3, 0.4) is 0 Å². The number of H-pyrrole nitrogens is 1. The summed E-state index contributed by atoms with van der Waals surface area (Å²) in [7, 11) is 0. The Bertz CT molecular complexity index is 564. The molecule has 1 N–H and O–H groups in total. The SMILES string of the molecule is O=Cc1[nH]c2c(F)nccc2c1[N+](=O)[O-]. The smallest absolute Gasteiger partial charge is 0.305 e. The van der Waals surface area contributed by atoms with Crippen LogP contribution in [0.5, 0.6) is 0 Å². The molecular formula is C8H4FN3O3. The zero-order valence-electron chi connectivity index (χ0n) is 7.23. The van der Waals surface area contributed by atoms with Crippen molar-refractivity contribution in [3.63, 3.8) is 0 Å². The fourth-order valence-corrected chi connectivity index (χ4v) is 1.37. The number of halogens is 1. The molecule has 0 aliphatic heterocycles. The summed E-state index contributed by atoms with van der Waals surface area (Å²) in [5, 5.41) is 10.7. The van der Waals surface area contributed by atoms with Crippen molar-refractivity contribution in [2.75, 3.05) is 0 Å². The van der Waals surface area contributed by atoms with Gasteiger partial charge < -0.3 is 4.98 Å². The number of rotatable bonds is 2. The summed E-state index contributed by atoms with van der Waals surface area (Å²) in [6.07, 6.45) is 1.38. The van der Waals surface area contributed by atoms with Crippen LogP contribution in [0.25, 0.3) is 10.9 Å². The molecule has 0 aromatic carbocycles. The van der Waals surface area contributed by atoms with Gasteiger partial charge in [0.15, 0.2) is 12.0 Å². The zero-order chi connectivity index (χ0) is 11.0. The van der Waals surface area contributed by atoms with Gasteiger partial charge in [0.1, 0.15) is 5.52 Å². The van der Waals surface area contributed by atoms with E-state index >= 15 is 0 Å². The number of fused-ring (bicyclic) bond motifs is 1. The van der Waals surface area contributed by atoms with Gasteiger partial charge in [0.25, 0.3) is 0 Å². The summed E-state index contributed by atoms with van der Waals surface area (Å²) < 4.78 is 13.1. The minimum absolute atomic E-state index is 0.0367. The average Bonchev–Trinajstić information content (AvgIpc) is 2.57. The minimum Gasteiger partial charge on any atom is -0.343 e. The van der Waals surface area contributed by atoms with Crippen LogP contribution in [-0.4, -0.2) is 21.2 Å². The second-order valence-electron chi connectivity index (χ2n) is 2.79. The molecule has 2 heterocycles. The molecule has 7 heteroatoms. The topological polar surface area (TPSA) is 88.9 Å². The predicted molar refractivity (Wildman–Crippen MR) is 48.1 cm³/mol. The number of hydrogen-bond donors (Lipinski definition) is 1. The number of carbonyl (C=O) groups is 1. The van der Waals surface area contributed by atoms with E-state index in [4.69, 9.17) is 0 Å². The van der Waals surface area contributed by atoms with Gasteiger partial charge in [-0.15, -0.1) is 0 Å². The molecule has 0 aliphatic carbocycles. The second kappa shape index (κ2) is 3.12. The quantitative estimate of drug-likeness (QED) is 0.350. The first-order chi connectivity index (χ1) is 7.15. The molecule has 15 heavy (non-hydrogen) atoms. The van der Waals surface area contributed by atoms with Gasteiger partial charge >= 0.3 is 5.69 Å². The van der Waals surface area contributed by atoms with Crippen LogP contribution in [0.2, 0.25) is 0 Å². The molecule has 0 saturated carbocycles. The third-order valence-electron chi connectivity index (χ3n) is 1.98. The van der Waals surface area contributed by atoms with Crippen LogP contribution in [0.15, 0.2) is 12.3 Å². The number of pyridine rings is 1. The maximum atomic E-state index is 13.1. The van der Waals surface area contributed by atoms with Gasteiger partial charge in [-0.1, -0.05) is 0 Å². The van der Waals surface area contributed by atoms with Crippen LogP contribution in [-0.2, 0) is 0 Å². The van der Waals surface area contributed by atoms with E-state index in [1.807, 2.05) is 0 Å². The van der Waals surface area contributed by atoms with E-state index in [0.717, 1.165) is 6.20 Å². The van der Waals surface area contributed by atoms with Crippen LogP contribution in [0, 0.1) is 16.1 Å². The minimum atomic E-state index is -0.872. The molecule has 0 radical (unpaired) electrons. The van der Waals surface area contributed by atoms with Gasteiger partial charge in [-0.2, -0.15) is 4.39 Å². The summed E-state index contributed by atoms with van der Waals surface area (Å²) in [6.45, 7) is 0. The maximum absolute atomic E-state index is 13.1. The van der Waals surface area contributed by atoms with Crippen molar-refractivity contribution in [3.8, 4) is 0 Å². The summed E-state index contributed by atoms with van der Waals surface area (Å²) in [5.74, 6) is -0.872. The molecular weight excluding hydrogens is 205 g/mol. The highest BCUT2D eigenvalue weighted by Crippen LogP contribution is 2.29. The van der Waals surface area contributed by atoms with E-state index in [-0.39, 0.29) is 22.9 Å². The highest BCUT2D eigenvalue weighted by molar-refractivity contribution is 5.98. The van der Waals surface area contributed by atoms with Crippen LogP contribution < -0.4 is 0 Å². The number of aromatic amines is 1. The third-order valence-corrected chi connectivity index (χ3v) is 1.98. The van der Waals surface area contributed by atoms with Crippen molar-refractivity contribution in [1.82, 2.24) is 9.97 Å². The Balaban J connectivity index is 2.92. The molecule has 0 bridgehead atoms. The number of aromatic nitrogens is 2. The van der Waals surface area contributed by atoms with E-state index in [1.165, 1.54) is 6.07 Å². The average molecular weight is 209 g/mol. The number of nitrogens with zero attached hydrogens (tertiary/aromatic N) is 2. The van der Waals surface area contributed by atoms with Crippen LogP contribution >= 0.6 is 0 Å². The monoisotopic (exact) mass is 209 g/mol. The van der Waals surface area contributed by atoms with Gasteiger partial charge in [0.05, 0.1) is 10.3 Å². The molecule has 0 unspecified atom stereocenters. The number of hydrogen-bond acceptors (Lipinski definition) is 4. The highest BCUT2D eigenvalue weighted by atomic mass is 19.1. The molecule has 0 atom stereocenters. The van der Waals surface area contributed by atoms with Crippen LogP contribution in [0.4, 0.5) is 10.1 Å². The lowest BCUT2D eigenvalue weighted by atomic mass is 10.2. The summed E-state index contributed by atoms with van der Waals surface area (Å²) in [5.41, 5.74) is -0.825. The Morgan fingerprint density at radius 2 is 2.33 bits per heavy atom. The lowest BCUT2D eigenvalue weighted by Crippen LogP contribution is -1.91. The van der Waals surface area contributed by atoms with Crippen molar-refractivity contribution in [3.05, 3.63) is 34.0 Å². The molecule has 0 saturated heterocycles. The molecule has 0 spiro atoms. The van der Waals surface area contributed by atoms with E-state index < -0.39 is 16.6 Å². The molecule has 0 fully saturated rings. The van der Waals surface area contributed by atoms with Gasteiger partial charge in [-0.05, 0) is 6.07 Å². The Morgan fingerprint density at radius 1 is 1.60 bits per heavy atom.